The lowest BCUT2D eigenvalue weighted by Gasteiger charge is -2.17. The van der Waals surface area contributed by atoms with Crippen LogP contribution in [0.2, 0.25) is 5.02 Å². The summed E-state index contributed by atoms with van der Waals surface area (Å²) in [6.45, 7) is 4.27. The molecule has 1 atom stereocenters. The number of hydrogen-bond acceptors (Lipinski definition) is 2. The second kappa shape index (κ2) is 8.39. The van der Waals surface area contributed by atoms with Crippen molar-refractivity contribution in [3.05, 3.63) is 28.8 Å². The van der Waals surface area contributed by atoms with E-state index in [-0.39, 0.29) is 11.1 Å². The van der Waals surface area contributed by atoms with Crippen LogP contribution in [-0.4, -0.2) is 11.1 Å². The van der Waals surface area contributed by atoms with Gasteiger partial charge >= 0.3 is 0 Å². The maximum atomic E-state index is 6.11. The molecule has 1 aromatic carbocycles. The van der Waals surface area contributed by atoms with Gasteiger partial charge < -0.3 is 10.5 Å². The van der Waals surface area contributed by atoms with E-state index in [4.69, 9.17) is 34.3 Å². The van der Waals surface area contributed by atoms with E-state index in [1.807, 2.05) is 12.1 Å². The summed E-state index contributed by atoms with van der Waals surface area (Å²) < 4.78 is 5.92. The predicted octanol–water partition coefficient (Wildman–Crippen LogP) is 4.71. The largest absolute Gasteiger partial charge is 0.490 e. The van der Waals surface area contributed by atoms with Gasteiger partial charge in [0.05, 0.1) is 16.7 Å². The molecule has 106 valence electrons. The summed E-state index contributed by atoms with van der Waals surface area (Å²) in [6, 6.07) is 5.49. The fourth-order valence-corrected chi connectivity index (χ4v) is 2.51. The molecule has 0 amide bonds. The van der Waals surface area contributed by atoms with Crippen LogP contribution >= 0.6 is 23.8 Å². The highest BCUT2D eigenvalue weighted by atomic mass is 35.5. The van der Waals surface area contributed by atoms with Crippen LogP contribution in [0.3, 0.4) is 0 Å². The van der Waals surface area contributed by atoms with Crippen LogP contribution in [0.4, 0.5) is 0 Å². The minimum Gasteiger partial charge on any atom is -0.490 e. The molecule has 0 heterocycles. The van der Waals surface area contributed by atoms with Crippen LogP contribution < -0.4 is 10.5 Å². The van der Waals surface area contributed by atoms with Crippen LogP contribution in [0.25, 0.3) is 0 Å². The Balaban J connectivity index is 2.61. The van der Waals surface area contributed by atoms with E-state index in [1.54, 1.807) is 6.07 Å². The Kier molecular flexibility index (Phi) is 7.17. The van der Waals surface area contributed by atoms with Crippen molar-refractivity contribution in [3.63, 3.8) is 0 Å². The molecule has 19 heavy (non-hydrogen) atoms. The third-order valence-electron chi connectivity index (χ3n) is 3.01. The van der Waals surface area contributed by atoms with Gasteiger partial charge in [-0.15, -0.1) is 0 Å². The topological polar surface area (TPSA) is 35.2 Å². The number of benzene rings is 1. The van der Waals surface area contributed by atoms with Gasteiger partial charge in [-0.2, -0.15) is 0 Å². The summed E-state index contributed by atoms with van der Waals surface area (Å²) >= 11 is 11.1. The van der Waals surface area contributed by atoms with Crippen molar-refractivity contribution in [3.8, 4) is 5.75 Å². The lowest BCUT2D eigenvalue weighted by molar-refractivity contribution is 0.206. The molecule has 2 N–H and O–H groups in total. The molecule has 1 rings (SSSR count). The zero-order chi connectivity index (χ0) is 14.3. The molecule has 0 aliphatic heterocycles. The molecule has 4 heteroatoms. The minimum atomic E-state index is 0.142. The highest BCUT2D eigenvalue weighted by Crippen LogP contribution is 2.27. The molecule has 0 fully saturated rings. The number of nitrogens with two attached hydrogens (primary N) is 1. The van der Waals surface area contributed by atoms with E-state index in [9.17, 15) is 0 Å². The number of ether oxygens (including phenoxy) is 1. The summed E-state index contributed by atoms with van der Waals surface area (Å²) in [5.74, 6) is 0.683. The average Bonchev–Trinajstić information content (AvgIpc) is 2.34. The molecular formula is C15H22ClNOS. The lowest BCUT2D eigenvalue weighted by atomic mass is 10.1. The predicted molar refractivity (Wildman–Crippen MR) is 86.2 cm³/mol. The number of unbranched alkanes of at least 4 members (excludes halogenated alkanes) is 3. The molecule has 0 spiro atoms. The first-order valence-corrected chi connectivity index (χ1v) is 7.59. The normalized spacial score (nSPS) is 12.2. The smallest absolute Gasteiger partial charge is 0.131 e. The lowest BCUT2D eigenvalue weighted by Crippen LogP contribution is -2.17. The van der Waals surface area contributed by atoms with Crippen molar-refractivity contribution in [1.29, 1.82) is 0 Å². The SMILES string of the molecule is CCCCCCC(C)Oc1cccc(Cl)c1C(N)=S. The molecule has 0 aliphatic rings. The standard InChI is InChI=1S/C15H22ClNOS/c1-3-4-5-6-8-11(2)18-13-10-7-9-12(16)14(13)15(17)19/h7,9-11H,3-6,8H2,1-2H3,(H2,17,19). The van der Waals surface area contributed by atoms with E-state index < -0.39 is 0 Å². The Morgan fingerprint density at radius 1 is 1.37 bits per heavy atom. The van der Waals surface area contributed by atoms with E-state index in [0.717, 1.165) is 6.42 Å². The van der Waals surface area contributed by atoms with Crippen molar-refractivity contribution in [2.45, 2.75) is 52.1 Å². The number of rotatable bonds is 8. The van der Waals surface area contributed by atoms with Crippen molar-refractivity contribution in [2.24, 2.45) is 5.73 Å². The number of halogens is 1. The second-order valence-corrected chi connectivity index (χ2v) is 5.60. The number of thiocarbonyl (C=S) groups is 1. The first-order chi connectivity index (χ1) is 9.06. The molecule has 0 saturated heterocycles. The van der Waals surface area contributed by atoms with Crippen LogP contribution in [0.15, 0.2) is 18.2 Å². The quantitative estimate of drug-likeness (QED) is 0.557. The first kappa shape index (κ1) is 16.3. The number of hydrogen-bond donors (Lipinski definition) is 1. The highest BCUT2D eigenvalue weighted by Gasteiger charge is 2.13. The third kappa shape index (κ3) is 5.37. The Morgan fingerprint density at radius 2 is 2.11 bits per heavy atom. The maximum absolute atomic E-state index is 6.11. The van der Waals surface area contributed by atoms with E-state index in [1.165, 1.54) is 25.7 Å². The van der Waals surface area contributed by atoms with Gasteiger partial charge in [-0.1, -0.05) is 56.1 Å². The average molecular weight is 300 g/mol. The molecule has 1 unspecified atom stereocenters. The van der Waals surface area contributed by atoms with Gasteiger partial charge in [0.1, 0.15) is 10.7 Å². The van der Waals surface area contributed by atoms with Gasteiger partial charge in [0.15, 0.2) is 0 Å². The van der Waals surface area contributed by atoms with E-state index >= 15 is 0 Å². The van der Waals surface area contributed by atoms with Crippen LogP contribution in [0, 0.1) is 0 Å². The molecule has 2 nitrogen and oxygen atoms in total. The van der Waals surface area contributed by atoms with Crippen LogP contribution in [0.5, 0.6) is 5.75 Å². The van der Waals surface area contributed by atoms with E-state index in [0.29, 0.717) is 16.3 Å². The Labute approximate surface area is 126 Å². The van der Waals surface area contributed by atoms with Crippen molar-refractivity contribution in [2.75, 3.05) is 0 Å². The van der Waals surface area contributed by atoms with Gasteiger partial charge in [0, 0.05) is 0 Å². The summed E-state index contributed by atoms with van der Waals surface area (Å²) in [7, 11) is 0. The molecule has 1 aromatic rings. The van der Waals surface area contributed by atoms with Gasteiger partial charge in [-0.05, 0) is 31.9 Å². The van der Waals surface area contributed by atoms with Crippen LogP contribution in [-0.2, 0) is 0 Å². The monoisotopic (exact) mass is 299 g/mol. The van der Waals surface area contributed by atoms with Gasteiger partial charge in [0.25, 0.3) is 0 Å². The molecule has 0 aliphatic carbocycles. The molecule has 0 bridgehead atoms. The summed E-state index contributed by atoms with van der Waals surface area (Å²) in [6.07, 6.45) is 6.13. The van der Waals surface area contributed by atoms with Gasteiger partial charge in [-0.3, -0.25) is 0 Å². The Bertz CT molecular complexity index is 423. The fourth-order valence-electron chi connectivity index (χ4n) is 1.98. The van der Waals surface area contributed by atoms with Gasteiger partial charge in [-0.25, -0.2) is 0 Å². The summed E-state index contributed by atoms with van der Waals surface area (Å²) in [5.41, 5.74) is 6.34. The van der Waals surface area contributed by atoms with Crippen molar-refractivity contribution < 1.29 is 4.74 Å². The molecule has 0 aromatic heterocycles. The summed E-state index contributed by atoms with van der Waals surface area (Å²) in [5, 5.41) is 0.545. The Morgan fingerprint density at radius 3 is 2.74 bits per heavy atom. The molecule has 0 saturated carbocycles. The zero-order valence-corrected chi connectivity index (χ0v) is 13.2. The zero-order valence-electron chi connectivity index (χ0n) is 11.6. The second-order valence-electron chi connectivity index (χ2n) is 4.76. The minimum absolute atomic E-state index is 0.142. The third-order valence-corrected chi connectivity index (χ3v) is 3.53. The maximum Gasteiger partial charge on any atom is 0.131 e. The Hall–Kier alpha value is -0.800. The van der Waals surface area contributed by atoms with Crippen LogP contribution in [0.1, 0.15) is 51.5 Å². The molecular weight excluding hydrogens is 278 g/mol. The van der Waals surface area contributed by atoms with E-state index in [2.05, 4.69) is 13.8 Å². The molecule has 0 radical (unpaired) electrons. The van der Waals surface area contributed by atoms with Gasteiger partial charge in [0.2, 0.25) is 0 Å². The summed E-state index contributed by atoms with van der Waals surface area (Å²) in [4.78, 5) is 0.277. The fraction of sp³-hybridized carbons (Fsp3) is 0.533. The van der Waals surface area contributed by atoms with Crippen molar-refractivity contribution >= 4 is 28.8 Å². The highest BCUT2D eigenvalue weighted by molar-refractivity contribution is 7.80. The first-order valence-electron chi connectivity index (χ1n) is 6.81. The van der Waals surface area contributed by atoms with Crippen molar-refractivity contribution in [1.82, 2.24) is 0 Å².